The van der Waals surface area contributed by atoms with Crippen molar-refractivity contribution in [2.75, 3.05) is 25.6 Å². The molecule has 0 heterocycles. The van der Waals surface area contributed by atoms with E-state index in [2.05, 4.69) is 5.43 Å². The van der Waals surface area contributed by atoms with Crippen LogP contribution in [0, 0.1) is 0 Å². The molecule has 0 spiro atoms. The molecule has 6 nitrogen and oxygen atoms in total. The number of hydrogen-bond donors (Lipinski definition) is 3. The van der Waals surface area contributed by atoms with Crippen molar-refractivity contribution in [1.29, 1.82) is 0 Å². The van der Waals surface area contributed by atoms with Crippen LogP contribution < -0.4 is 11.3 Å². The molecule has 0 fully saturated rings. The Balaban J connectivity index is 2.79. The summed E-state index contributed by atoms with van der Waals surface area (Å²) in [6.45, 7) is 0.553. The normalized spacial score (nSPS) is 11.8. The Morgan fingerprint density at radius 3 is 2.58 bits per heavy atom. The zero-order valence-corrected chi connectivity index (χ0v) is 11.9. The van der Waals surface area contributed by atoms with Gasteiger partial charge in [-0.05, 0) is 31.4 Å². The molecule has 0 aliphatic carbocycles. The Labute approximate surface area is 114 Å². The van der Waals surface area contributed by atoms with Crippen molar-refractivity contribution >= 4 is 15.7 Å². The van der Waals surface area contributed by atoms with Crippen LogP contribution in [0.25, 0.3) is 0 Å². The average Bonchev–Trinajstić information content (AvgIpc) is 2.43. The van der Waals surface area contributed by atoms with Crippen molar-refractivity contribution in [1.82, 2.24) is 4.31 Å². The first-order chi connectivity index (χ1) is 9.04. The summed E-state index contributed by atoms with van der Waals surface area (Å²) in [4.78, 5) is 0.169. The average molecular weight is 287 g/mol. The zero-order chi connectivity index (χ0) is 14.3. The summed E-state index contributed by atoms with van der Waals surface area (Å²) >= 11 is 0. The van der Waals surface area contributed by atoms with Crippen LogP contribution in [0.3, 0.4) is 0 Å². The van der Waals surface area contributed by atoms with E-state index >= 15 is 0 Å². The summed E-state index contributed by atoms with van der Waals surface area (Å²) in [6.07, 6.45) is 2.20. The van der Waals surface area contributed by atoms with Gasteiger partial charge < -0.3 is 10.5 Å². The van der Waals surface area contributed by atoms with Gasteiger partial charge in [0.05, 0.1) is 5.69 Å². The number of hydrogen-bond acceptors (Lipinski definition) is 5. The van der Waals surface area contributed by atoms with E-state index in [4.69, 9.17) is 10.9 Å². The van der Waals surface area contributed by atoms with E-state index in [0.717, 1.165) is 6.42 Å². The second-order valence-corrected chi connectivity index (χ2v) is 6.26. The van der Waals surface area contributed by atoms with Crippen molar-refractivity contribution < 1.29 is 13.5 Å². The number of hydrazine groups is 1. The zero-order valence-electron chi connectivity index (χ0n) is 11.0. The number of rotatable bonds is 8. The highest BCUT2D eigenvalue weighted by molar-refractivity contribution is 7.89. The van der Waals surface area contributed by atoms with Crippen LogP contribution in [0.15, 0.2) is 29.2 Å². The number of aliphatic hydroxyl groups is 1. The first kappa shape index (κ1) is 15.9. The Kier molecular flexibility index (Phi) is 6.23. The molecule has 0 radical (unpaired) electrons. The molecule has 0 aromatic heterocycles. The fraction of sp³-hybridized carbons (Fsp3) is 0.500. The lowest BCUT2D eigenvalue weighted by Crippen LogP contribution is -2.29. The highest BCUT2D eigenvalue weighted by Gasteiger charge is 2.22. The molecule has 0 bridgehead atoms. The lowest BCUT2D eigenvalue weighted by Gasteiger charge is -2.18. The largest absolute Gasteiger partial charge is 0.396 e. The topological polar surface area (TPSA) is 95.7 Å². The van der Waals surface area contributed by atoms with Crippen molar-refractivity contribution in [3.63, 3.8) is 0 Å². The molecule has 0 atom stereocenters. The lowest BCUT2D eigenvalue weighted by molar-refractivity contribution is 0.281. The van der Waals surface area contributed by atoms with Crippen molar-refractivity contribution in [3.05, 3.63) is 24.3 Å². The Hall–Kier alpha value is -1.15. The summed E-state index contributed by atoms with van der Waals surface area (Å²) in [6, 6.07) is 6.52. The van der Waals surface area contributed by atoms with Gasteiger partial charge in [-0.25, -0.2) is 12.7 Å². The maximum atomic E-state index is 12.4. The van der Waals surface area contributed by atoms with Crippen LogP contribution in [0.5, 0.6) is 0 Å². The number of sulfonamides is 1. The van der Waals surface area contributed by atoms with Crippen LogP contribution >= 0.6 is 0 Å². The fourth-order valence-electron chi connectivity index (χ4n) is 1.72. The minimum absolute atomic E-state index is 0.135. The third kappa shape index (κ3) is 4.17. The lowest BCUT2D eigenvalue weighted by atomic mass is 10.2. The van der Waals surface area contributed by atoms with Crippen LogP contribution in [-0.2, 0) is 10.0 Å². The molecular weight excluding hydrogens is 266 g/mol. The van der Waals surface area contributed by atoms with Gasteiger partial charge in [-0.2, -0.15) is 0 Å². The highest BCUT2D eigenvalue weighted by Crippen LogP contribution is 2.23. The molecule has 1 aromatic carbocycles. The maximum absolute atomic E-state index is 12.4. The first-order valence-corrected chi connectivity index (χ1v) is 7.61. The van der Waals surface area contributed by atoms with Gasteiger partial charge >= 0.3 is 0 Å². The number of benzene rings is 1. The second-order valence-electron chi connectivity index (χ2n) is 4.25. The van der Waals surface area contributed by atoms with Crippen LogP contribution in [0.2, 0.25) is 0 Å². The van der Waals surface area contributed by atoms with Gasteiger partial charge in [0.2, 0.25) is 10.0 Å². The molecule has 0 aliphatic heterocycles. The summed E-state index contributed by atoms with van der Waals surface area (Å²) in [5, 5.41) is 8.68. The van der Waals surface area contributed by atoms with E-state index in [-0.39, 0.29) is 11.5 Å². The number of unbranched alkanes of at least 4 members (excludes halogenated alkanes) is 2. The SMILES string of the molecule is CN(CCCCCO)S(=O)(=O)c1ccccc1NN. The number of nitrogens with one attached hydrogen (secondary N) is 1. The first-order valence-electron chi connectivity index (χ1n) is 6.17. The van der Waals surface area contributed by atoms with Gasteiger partial charge in [-0.15, -0.1) is 0 Å². The van der Waals surface area contributed by atoms with Gasteiger partial charge in [0.25, 0.3) is 0 Å². The van der Waals surface area contributed by atoms with Crippen LogP contribution in [-0.4, -0.2) is 38.0 Å². The third-order valence-electron chi connectivity index (χ3n) is 2.86. The molecule has 1 aromatic rings. The van der Waals surface area contributed by atoms with E-state index < -0.39 is 10.0 Å². The Morgan fingerprint density at radius 2 is 1.95 bits per heavy atom. The molecule has 4 N–H and O–H groups in total. The van der Waals surface area contributed by atoms with Gasteiger partial charge in [-0.3, -0.25) is 5.84 Å². The highest BCUT2D eigenvalue weighted by atomic mass is 32.2. The second kappa shape index (κ2) is 7.44. The van der Waals surface area contributed by atoms with Crippen LogP contribution in [0.1, 0.15) is 19.3 Å². The maximum Gasteiger partial charge on any atom is 0.244 e. The minimum atomic E-state index is -3.54. The predicted molar refractivity (Wildman–Crippen MR) is 75.0 cm³/mol. The molecule has 108 valence electrons. The Bertz CT molecular complexity index is 491. The third-order valence-corrected chi connectivity index (χ3v) is 4.78. The van der Waals surface area contributed by atoms with Gasteiger partial charge in [0.1, 0.15) is 4.90 Å². The summed E-state index contributed by atoms with van der Waals surface area (Å²) in [5.41, 5.74) is 2.77. The van der Waals surface area contributed by atoms with Crippen molar-refractivity contribution in [2.24, 2.45) is 5.84 Å². The van der Waals surface area contributed by atoms with E-state index in [9.17, 15) is 8.42 Å². The fourth-order valence-corrected chi connectivity index (χ4v) is 3.08. The van der Waals surface area contributed by atoms with E-state index in [0.29, 0.717) is 25.1 Å². The van der Waals surface area contributed by atoms with E-state index in [1.54, 1.807) is 25.2 Å². The predicted octanol–water partition coefficient (Wildman–Crippen LogP) is 0.755. The van der Waals surface area contributed by atoms with Gasteiger partial charge in [-0.1, -0.05) is 12.1 Å². The minimum Gasteiger partial charge on any atom is -0.396 e. The summed E-state index contributed by atoms with van der Waals surface area (Å²) in [5.74, 6) is 5.33. The monoisotopic (exact) mass is 287 g/mol. The number of para-hydroxylation sites is 1. The van der Waals surface area contributed by atoms with Gasteiger partial charge in [0, 0.05) is 20.2 Å². The Morgan fingerprint density at radius 1 is 1.26 bits per heavy atom. The summed E-state index contributed by atoms with van der Waals surface area (Å²) < 4.78 is 26.0. The number of nitrogens with zero attached hydrogens (tertiary/aromatic N) is 1. The molecule has 0 aliphatic rings. The molecule has 1 rings (SSSR count). The molecule has 7 heteroatoms. The van der Waals surface area contributed by atoms with Gasteiger partial charge in [0.15, 0.2) is 0 Å². The molecule has 0 unspecified atom stereocenters. The molecule has 19 heavy (non-hydrogen) atoms. The van der Waals surface area contributed by atoms with E-state index in [1.165, 1.54) is 10.4 Å². The van der Waals surface area contributed by atoms with E-state index in [1.807, 2.05) is 0 Å². The molecule has 0 saturated carbocycles. The van der Waals surface area contributed by atoms with Crippen molar-refractivity contribution in [2.45, 2.75) is 24.2 Å². The number of aliphatic hydroxyl groups excluding tert-OH is 1. The number of nitrogen functional groups attached to an aromatic ring is 1. The number of anilines is 1. The quantitative estimate of drug-likeness (QED) is 0.372. The number of nitrogens with two attached hydrogens (primary N) is 1. The molecule has 0 saturated heterocycles. The molecular formula is C12H21N3O3S. The smallest absolute Gasteiger partial charge is 0.244 e. The van der Waals surface area contributed by atoms with Crippen molar-refractivity contribution in [3.8, 4) is 0 Å². The standard InChI is InChI=1S/C12H21N3O3S/c1-15(9-5-2-6-10-16)19(17,18)12-8-4-3-7-11(12)14-13/h3-4,7-8,14,16H,2,5-6,9-10,13H2,1H3. The molecule has 0 amide bonds. The summed E-state index contributed by atoms with van der Waals surface area (Å²) in [7, 11) is -2.00. The van der Waals surface area contributed by atoms with Crippen LogP contribution in [0.4, 0.5) is 5.69 Å².